The predicted molar refractivity (Wildman–Crippen MR) is 42.1 cm³/mol. The molecule has 2 fully saturated rings. The van der Waals surface area contributed by atoms with Gasteiger partial charge in [-0.1, -0.05) is 0 Å². The fraction of sp³-hybridized carbons (Fsp3) is 1.00. The van der Waals surface area contributed by atoms with Crippen molar-refractivity contribution < 1.29 is 0 Å². The highest BCUT2D eigenvalue weighted by atomic mass is 15.2. The Hall–Kier alpha value is -0.0800. The minimum absolute atomic E-state index is 0.803. The van der Waals surface area contributed by atoms with Crippen molar-refractivity contribution in [2.24, 2.45) is 0 Å². The summed E-state index contributed by atoms with van der Waals surface area (Å²) in [6.07, 6.45) is 4.17. The van der Waals surface area contributed by atoms with Crippen molar-refractivity contribution in [1.29, 1.82) is 0 Å². The van der Waals surface area contributed by atoms with Gasteiger partial charge in [0.2, 0.25) is 0 Å². The standard InChI is InChI=1S/C8H16N2/c1-10-5-4-7-2-3-8(6-10)9-7/h7-9H,2-6H2,1H3/t7-,8-/m1/s1. The molecule has 2 aliphatic rings. The van der Waals surface area contributed by atoms with Crippen LogP contribution >= 0.6 is 0 Å². The van der Waals surface area contributed by atoms with Gasteiger partial charge in [-0.3, -0.25) is 0 Å². The zero-order valence-corrected chi connectivity index (χ0v) is 6.64. The topological polar surface area (TPSA) is 15.3 Å². The van der Waals surface area contributed by atoms with E-state index >= 15 is 0 Å². The van der Waals surface area contributed by atoms with Gasteiger partial charge >= 0.3 is 0 Å². The van der Waals surface area contributed by atoms with Crippen molar-refractivity contribution in [1.82, 2.24) is 10.2 Å². The zero-order valence-electron chi connectivity index (χ0n) is 6.64. The number of hydrogen-bond acceptors (Lipinski definition) is 2. The van der Waals surface area contributed by atoms with Crippen molar-refractivity contribution in [3.05, 3.63) is 0 Å². The molecule has 0 aromatic heterocycles. The largest absolute Gasteiger partial charge is 0.310 e. The molecule has 2 atom stereocenters. The first kappa shape index (κ1) is 6.62. The van der Waals surface area contributed by atoms with E-state index in [4.69, 9.17) is 0 Å². The molecular weight excluding hydrogens is 124 g/mol. The fourth-order valence-corrected chi connectivity index (χ4v) is 2.12. The van der Waals surface area contributed by atoms with Gasteiger partial charge in [0.1, 0.15) is 0 Å². The fourth-order valence-electron chi connectivity index (χ4n) is 2.12. The van der Waals surface area contributed by atoms with Crippen molar-refractivity contribution in [3.8, 4) is 0 Å². The Labute approximate surface area is 62.6 Å². The number of fused-ring (bicyclic) bond motifs is 2. The molecule has 2 saturated heterocycles. The van der Waals surface area contributed by atoms with Crippen LogP contribution in [0.5, 0.6) is 0 Å². The van der Waals surface area contributed by atoms with Crippen LogP contribution in [0.1, 0.15) is 19.3 Å². The van der Waals surface area contributed by atoms with Crippen LogP contribution in [0.3, 0.4) is 0 Å². The quantitative estimate of drug-likeness (QED) is 0.525. The lowest BCUT2D eigenvalue weighted by Gasteiger charge is -2.17. The van der Waals surface area contributed by atoms with Crippen LogP contribution in [-0.4, -0.2) is 37.1 Å². The summed E-state index contributed by atoms with van der Waals surface area (Å²) in [6, 6.07) is 1.65. The second kappa shape index (κ2) is 2.51. The smallest absolute Gasteiger partial charge is 0.0198 e. The van der Waals surface area contributed by atoms with E-state index in [2.05, 4.69) is 17.3 Å². The molecule has 0 amide bonds. The molecule has 0 spiro atoms. The van der Waals surface area contributed by atoms with E-state index in [1.54, 1.807) is 0 Å². The predicted octanol–water partition coefficient (Wildman–Crippen LogP) is 0.442. The Morgan fingerprint density at radius 2 is 2.00 bits per heavy atom. The molecule has 10 heavy (non-hydrogen) atoms. The van der Waals surface area contributed by atoms with E-state index in [-0.39, 0.29) is 0 Å². The monoisotopic (exact) mass is 140 g/mol. The van der Waals surface area contributed by atoms with Gasteiger partial charge < -0.3 is 10.2 Å². The van der Waals surface area contributed by atoms with Crippen LogP contribution in [0.25, 0.3) is 0 Å². The molecule has 2 heterocycles. The Bertz CT molecular complexity index is 124. The second-order valence-corrected chi connectivity index (χ2v) is 3.69. The van der Waals surface area contributed by atoms with Gasteiger partial charge in [0, 0.05) is 18.6 Å². The number of hydrogen-bond donors (Lipinski definition) is 1. The van der Waals surface area contributed by atoms with E-state index in [1.165, 1.54) is 32.4 Å². The third-order valence-electron chi connectivity index (χ3n) is 2.73. The highest BCUT2D eigenvalue weighted by molar-refractivity contribution is 4.88. The van der Waals surface area contributed by atoms with Crippen LogP contribution in [-0.2, 0) is 0 Å². The molecule has 2 rings (SSSR count). The summed E-state index contributed by atoms with van der Waals surface area (Å²) in [6.45, 7) is 2.55. The minimum atomic E-state index is 0.803. The molecule has 0 saturated carbocycles. The zero-order chi connectivity index (χ0) is 6.97. The summed E-state index contributed by atoms with van der Waals surface area (Å²) in [4.78, 5) is 2.44. The summed E-state index contributed by atoms with van der Waals surface area (Å²) >= 11 is 0. The van der Waals surface area contributed by atoms with Crippen LogP contribution in [0, 0.1) is 0 Å². The lowest BCUT2D eigenvalue weighted by molar-refractivity contribution is 0.313. The Balaban J connectivity index is 1.99. The number of likely N-dealkylation sites (N-methyl/N-ethyl adjacent to an activating group) is 1. The van der Waals surface area contributed by atoms with E-state index in [0.29, 0.717) is 0 Å². The second-order valence-electron chi connectivity index (χ2n) is 3.69. The van der Waals surface area contributed by atoms with E-state index in [1.807, 2.05) is 0 Å². The molecule has 2 nitrogen and oxygen atoms in total. The van der Waals surface area contributed by atoms with Crippen molar-refractivity contribution in [3.63, 3.8) is 0 Å². The van der Waals surface area contributed by atoms with Gasteiger partial charge in [0.15, 0.2) is 0 Å². The number of rotatable bonds is 0. The average molecular weight is 140 g/mol. The van der Waals surface area contributed by atoms with E-state index < -0.39 is 0 Å². The summed E-state index contributed by atoms with van der Waals surface area (Å²) in [7, 11) is 2.22. The molecule has 1 N–H and O–H groups in total. The molecule has 2 aliphatic heterocycles. The van der Waals surface area contributed by atoms with E-state index in [0.717, 1.165) is 12.1 Å². The third kappa shape index (κ3) is 1.18. The number of likely N-dealkylation sites (tertiary alicyclic amines) is 1. The van der Waals surface area contributed by atoms with Gasteiger partial charge in [0.05, 0.1) is 0 Å². The van der Waals surface area contributed by atoms with Gasteiger partial charge in [-0.05, 0) is 32.9 Å². The van der Waals surface area contributed by atoms with Crippen LogP contribution in [0.2, 0.25) is 0 Å². The average Bonchev–Trinajstić information content (AvgIpc) is 2.22. The van der Waals surface area contributed by atoms with E-state index in [9.17, 15) is 0 Å². The molecule has 0 aromatic rings. The van der Waals surface area contributed by atoms with Crippen molar-refractivity contribution in [2.75, 3.05) is 20.1 Å². The molecule has 0 aromatic carbocycles. The first-order chi connectivity index (χ1) is 4.84. The summed E-state index contributed by atoms with van der Waals surface area (Å²) in [5, 5.41) is 3.64. The first-order valence-corrected chi connectivity index (χ1v) is 4.29. The highest BCUT2D eigenvalue weighted by Gasteiger charge is 2.27. The van der Waals surface area contributed by atoms with Gasteiger partial charge in [-0.25, -0.2) is 0 Å². The maximum atomic E-state index is 3.64. The summed E-state index contributed by atoms with van der Waals surface area (Å²) in [5.74, 6) is 0. The molecular formula is C8H16N2. The molecule has 2 heteroatoms. The molecule has 0 unspecified atom stereocenters. The Morgan fingerprint density at radius 1 is 1.20 bits per heavy atom. The maximum Gasteiger partial charge on any atom is 0.0198 e. The Kier molecular flexibility index (Phi) is 1.66. The number of nitrogens with zero attached hydrogens (tertiary/aromatic N) is 1. The third-order valence-corrected chi connectivity index (χ3v) is 2.73. The number of nitrogens with one attached hydrogen (secondary N) is 1. The maximum absolute atomic E-state index is 3.64. The molecule has 2 bridgehead atoms. The van der Waals surface area contributed by atoms with Gasteiger partial charge in [-0.15, -0.1) is 0 Å². The minimum Gasteiger partial charge on any atom is -0.310 e. The molecule has 0 radical (unpaired) electrons. The van der Waals surface area contributed by atoms with Gasteiger partial charge in [-0.2, -0.15) is 0 Å². The van der Waals surface area contributed by atoms with Crippen molar-refractivity contribution in [2.45, 2.75) is 31.3 Å². The lowest BCUT2D eigenvalue weighted by Crippen LogP contribution is -2.33. The Morgan fingerprint density at radius 3 is 2.90 bits per heavy atom. The lowest BCUT2D eigenvalue weighted by atomic mass is 10.1. The first-order valence-electron chi connectivity index (χ1n) is 4.29. The molecule has 0 aliphatic carbocycles. The van der Waals surface area contributed by atoms with Crippen LogP contribution in [0.4, 0.5) is 0 Å². The summed E-state index contributed by atoms with van der Waals surface area (Å²) in [5.41, 5.74) is 0. The highest BCUT2D eigenvalue weighted by Crippen LogP contribution is 2.18. The molecule has 58 valence electrons. The van der Waals surface area contributed by atoms with Crippen molar-refractivity contribution >= 4 is 0 Å². The summed E-state index contributed by atoms with van der Waals surface area (Å²) < 4.78 is 0. The SMILES string of the molecule is CN1CC[C@H]2CC[C@H](C1)N2. The normalized spacial score (nSPS) is 41.7. The van der Waals surface area contributed by atoms with Crippen LogP contribution in [0.15, 0.2) is 0 Å². The van der Waals surface area contributed by atoms with Crippen LogP contribution < -0.4 is 5.32 Å². The van der Waals surface area contributed by atoms with Gasteiger partial charge in [0.25, 0.3) is 0 Å².